The second kappa shape index (κ2) is 5.88. The van der Waals surface area contributed by atoms with E-state index in [0.717, 1.165) is 17.4 Å². The quantitative estimate of drug-likeness (QED) is 0.745. The van der Waals surface area contributed by atoms with Crippen molar-refractivity contribution >= 4 is 11.8 Å². The highest BCUT2D eigenvalue weighted by Gasteiger charge is 2.09. The topological polar surface area (TPSA) is 76.7 Å². The monoisotopic (exact) mass is 303 g/mol. The SMILES string of the molecule is Oc1ccc(-n2nnnc2SCc2cncc(F)c2)cc1. The molecular weight excluding hydrogens is 293 g/mol. The van der Waals surface area contributed by atoms with Gasteiger partial charge < -0.3 is 5.11 Å². The van der Waals surface area contributed by atoms with Crippen molar-refractivity contribution in [2.24, 2.45) is 0 Å². The summed E-state index contributed by atoms with van der Waals surface area (Å²) in [5, 5.41) is 21.4. The number of benzene rings is 1. The van der Waals surface area contributed by atoms with E-state index in [1.807, 2.05) is 0 Å². The Balaban J connectivity index is 1.78. The van der Waals surface area contributed by atoms with E-state index in [2.05, 4.69) is 20.5 Å². The third kappa shape index (κ3) is 3.16. The van der Waals surface area contributed by atoms with Crippen LogP contribution in [-0.2, 0) is 5.75 Å². The van der Waals surface area contributed by atoms with E-state index in [1.54, 1.807) is 35.1 Å². The van der Waals surface area contributed by atoms with E-state index >= 15 is 0 Å². The van der Waals surface area contributed by atoms with Gasteiger partial charge in [0, 0.05) is 11.9 Å². The lowest BCUT2D eigenvalue weighted by atomic mass is 10.3. The summed E-state index contributed by atoms with van der Waals surface area (Å²) in [6.07, 6.45) is 2.76. The van der Waals surface area contributed by atoms with Gasteiger partial charge in [0.1, 0.15) is 11.6 Å². The highest BCUT2D eigenvalue weighted by molar-refractivity contribution is 7.98. The molecule has 0 saturated carbocycles. The van der Waals surface area contributed by atoms with Crippen LogP contribution in [0.25, 0.3) is 5.69 Å². The number of aromatic hydroxyl groups is 1. The van der Waals surface area contributed by atoms with Crippen LogP contribution in [0.5, 0.6) is 5.75 Å². The molecule has 1 N–H and O–H groups in total. The Morgan fingerprint density at radius 1 is 1.19 bits per heavy atom. The Hall–Kier alpha value is -2.48. The van der Waals surface area contributed by atoms with Crippen LogP contribution in [0, 0.1) is 5.82 Å². The number of pyridine rings is 1. The zero-order chi connectivity index (χ0) is 14.7. The van der Waals surface area contributed by atoms with E-state index in [1.165, 1.54) is 17.8 Å². The first-order chi connectivity index (χ1) is 10.2. The van der Waals surface area contributed by atoms with Crippen LogP contribution in [0.2, 0.25) is 0 Å². The Kier molecular flexibility index (Phi) is 3.78. The van der Waals surface area contributed by atoms with E-state index < -0.39 is 0 Å². The van der Waals surface area contributed by atoms with Gasteiger partial charge in [0.25, 0.3) is 0 Å². The molecule has 2 heterocycles. The first-order valence-corrected chi connectivity index (χ1v) is 7.01. The van der Waals surface area contributed by atoms with E-state index in [4.69, 9.17) is 0 Å². The Labute approximate surface area is 123 Å². The average molecular weight is 303 g/mol. The second-order valence-corrected chi connectivity index (χ2v) is 5.13. The summed E-state index contributed by atoms with van der Waals surface area (Å²) in [5.74, 6) is 0.307. The molecule has 0 amide bonds. The molecule has 0 bridgehead atoms. The van der Waals surface area contributed by atoms with E-state index in [-0.39, 0.29) is 11.6 Å². The van der Waals surface area contributed by atoms with E-state index in [0.29, 0.717) is 10.9 Å². The van der Waals surface area contributed by atoms with Crippen molar-refractivity contribution in [2.45, 2.75) is 10.9 Å². The molecule has 106 valence electrons. The lowest BCUT2D eigenvalue weighted by molar-refractivity contribution is 0.475. The Morgan fingerprint density at radius 3 is 2.76 bits per heavy atom. The minimum atomic E-state index is -0.369. The number of halogens is 1. The van der Waals surface area contributed by atoms with Crippen LogP contribution in [0.15, 0.2) is 47.9 Å². The van der Waals surface area contributed by atoms with Crippen molar-refractivity contribution in [1.29, 1.82) is 0 Å². The molecule has 6 nitrogen and oxygen atoms in total. The molecule has 0 aliphatic heterocycles. The maximum atomic E-state index is 13.1. The summed E-state index contributed by atoms with van der Waals surface area (Å²) in [5.41, 5.74) is 1.48. The number of rotatable bonds is 4. The normalized spacial score (nSPS) is 10.7. The second-order valence-electron chi connectivity index (χ2n) is 4.19. The van der Waals surface area contributed by atoms with Gasteiger partial charge in [-0.1, -0.05) is 11.8 Å². The number of phenolic OH excluding ortho intramolecular Hbond substituents is 1. The average Bonchev–Trinajstić information content (AvgIpc) is 2.94. The van der Waals surface area contributed by atoms with Crippen LogP contribution in [-0.4, -0.2) is 30.3 Å². The summed E-state index contributed by atoms with van der Waals surface area (Å²) in [7, 11) is 0. The van der Waals surface area contributed by atoms with Crippen molar-refractivity contribution < 1.29 is 9.50 Å². The van der Waals surface area contributed by atoms with Crippen LogP contribution >= 0.6 is 11.8 Å². The Bertz CT molecular complexity index is 746. The fourth-order valence-corrected chi connectivity index (χ4v) is 2.52. The summed E-state index contributed by atoms with van der Waals surface area (Å²) in [6.45, 7) is 0. The van der Waals surface area contributed by atoms with Crippen LogP contribution < -0.4 is 0 Å². The molecule has 3 aromatic rings. The van der Waals surface area contributed by atoms with Gasteiger partial charge in [-0.15, -0.1) is 5.10 Å². The lowest BCUT2D eigenvalue weighted by Crippen LogP contribution is -1.98. The predicted molar refractivity (Wildman–Crippen MR) is 74.6 cm³/mol. The van der Waals surface area contributed by atoms with Crippen molar-refractivity contribution in [3.05, 3.63) is 54.1 Å². The minimum Gasteiger partial charge on any atom is -0.508 e. The van der Waals surface area contributed by atoms with Gasteiger partial charge in [-0.25, -0.2) is 4.39 Å². The molecule has 0 radical (unpaired) electrons. The number of aromatic nitrogens is 5. The van der Waals surface area contributed by atoms with Crippen molar-refractivity contribution in [1.82, 2.24) is 25.2 Å². The van der Waals surface area contributed by atoms with Gasteiger partial charge in [-0.2, -0.15) is 4.68 Å². The number of thioether (sulfide) groups is 1. The van der Waals surface area contributed by atoms with Crippen LogP contribution in [0.3, 0.4) is 0 Å². The zero-order valence-electron chi connectivity index (χ0n) is 10.7. The number of tetrazole rings is 1. The minimum absolute atomic E-state index is 0.173. The molecule has 0 fully saturated rings. The van der Waals surface area contributed by atoms with Crippen LogP contribution in [0.1, 0.15) is 5.56 Å². The fourth-order valence-electron chi connectivity index (χ4n) is 1.71. The van der Waals surface area contributed by atoms with Gasteiger partial charge in [0.15, 0.2) is 0 Å². The number of nitrogens with zero attached hydrogens (tertiary/aromatic N) is 5. The summed E-state index contributed by atoms with van der Waals surface area (Å²) in [6, 6.07) is 7.96. The van der Waals surface area contributed by atoms with Gasteiger partial charge in [0.2, 0.25) is 5.16 Å². The first-order valence-electron chi connectivity index (χ1n) is 6.02. The molecule has 0 aliphatic carbocycles. The van der Waals surface area contributed by atoms with Crippen molar-refractivity contribution in [3.8, 4) is 11.4 Å². The molecule has 21 heavy (non-hydrogen) atoms. The molecular formula is C13H10FN5OS. The lowest BCUT2D eigenvalue weighted by Gasteiger charge is -2.04. The standard InChI is InChI=1S/C13H10FN5OS/c14-10-5-9(6-15-7-10)8-21-13-16-17-18-19(13)11-1-3-12(20)4-2-11/h1-7,20H,8H2. The number of phenols is 1. The molecule has 1 aromatic carbocycles. The third-order valence-corrected chi connectivity index (χ3v) is 3.66. The summed E-state index contributed by atoms with van der Waals surface area (Å²) in [4.78, 5) is 3.80. The smallest absolute Gasteiger partial charge is 0.214 e. The third-order valence-electron chi connectivity index (χ3n) is 2.66. The van der Waals surface area contributed by atoms with Crippen molar-refractivity contribution in [2.75, 3.05) is 0 Å². The zero-order valence-corrected chi connectivity index (χ0v) is 11.5. The maximum absolute atomic E-state index is 13.1. The maximum Gasteiger partial charge on any atom is 0.214 e. The van der Waals surface area contributed by atoms with Gasteiger partial charge in [-0.05, 0) is 46.3 Å². The summed E-state index contributed by atoms with van der Waals surface area (Å²) >= 11 is 1.37. The molecule has 0 spiro atoms. The Morgan fingerprint density at radius 2 is 2.00 bits per heavy atom. The largest absolute Gasteiger partial charge is 0.508 e. The first kappa shape index (κ1) is 13.5. The molecule has 3 rings (SSSR count). The van der Waals surface area contributed by atoms with Crippen LogP contribution in [0.4, 0.5) is 4.39 Å². The van der Waals surface area contributed by atoms with Gasteiger partial charge in [-0.3, -0.25) is 4.98 Å². The number of hydrogen-bond donors (Lipinski definition) is 1. The number of hydrogen-bond acceptors (Lipinski definition) is 6. The van der Waals surface area contributed by atoms with Gasteiger partial charge in [0.05, 0.1) is 11.9 Å². The highest BCUT2D eigenvalue weighted by atomic mass is 32.2. The van der Waals surface area contributed by atoms with Crippen molar-refractivity contribution in [3.63, 3.8) is 0 Å². The molecule has 8 heteroatoms. The summed E-state index contributed by atoms with van der Waals surface area (Å²) < 4.78 is 14.6. The molecule has 0 aliphatic rings. The molecule has 0 atom stereocenters. The van der Waals surface area contributed by atoms with Gasteiger partial charge >= 0.3 is 0 Å². The molecule has 0 saturated heterocycles. The predicted octanol–water partition coefficient (Wildman–Crippen LogP) is 2.19. The molecule has 0 unspecified atom stereocenters. The fraction of sp³-hybridized carbons (Fsp3) is 0.0769. The highest BCUT2D eigenvalue weighted by Crippen LogP contribution is 2.23. The molecule has 2 aromatic heterocycles. The van der Waals surface area contributed by atoms with E-state index in [9.17, 15) is 9.50 Å².